The second-order valence-corrected chi connectivity index (χ2v) is 7.28. The second-order valence-electron chi connectivity index (χ2n) is 7.28. The van der Waals surface area contributed by atoms with Gasteiger partial charge in [-0.3, -0.25) is 4.79 Å². The molecule has 0 unspecified atom stereocenters. The third-order valence-corrected chi connectivity index (χ3v) is 3.28. The van der Waals surface area contributed by atoms with Crippen LogP contribution < -0.4 is 5.32 Å². The SMILES string of the molecule is CCC(=O)Nc1ccc(O)c(C(C)(C)C)c1C(C)(C)C. The first-order chi connectivity index (χ1) is 8.98. The second kappa shape index (κ2) is 5.47. The lowest BCUT2D eigenvalue weighted by Crippen LogP contribution is -2.25. The lowest BCUT2D eigenvalue weighted by Gasteiger charge is -2.33. The average molecular weight is 277 g/mol. The smallest absolute Gasteiger partial charge is 0.224 e. The van der Waals surface area contributed by atoms with Gasteiger partial charge in [0.15, 0.2) is 0 Å². The third-order valence-electron chi connectivity index (χ3n) is 3.28. The Morgan fingerprint density at radius 2 is 1.55 bits per heavy atom. The minimum absolute atomic E-state index is 0.0129. The normalized spacial score (nSPS) is 12.3. The summed E-state index contributed by atoms with van der Waals surface area (Å²) in [6.07, 6.45) is 0.440. The van der Waals surface area contributed by atoms with Crippen LogP contribution in [0.3, 0.4) is 0 Å². The molecule has 112 valence electrons. The summed E-state index contributed by atoms with van der Waals surface area (Å²) in [6, 6.07) is 3.46. The van der Waals surface area contributed by atoms with Crippen LogP contribution in [0.4, 0.5) is 5.69 Å². The summed E-state index contributed by atoms with van der Waals surface area (Å²) in [4.78, 5) is 11.7. The van der Waals surface area contributed by atoms with Crippen molar-refractivity contribution >= 4 is 11.6 Å². The number of hydrogen-bond acceptors (Lipinski definition) is 2. The number of phenolic OH excluding ortho intramolecular Hbond substituents is 1. The monoisotopic (exact) mass is 277 g/mol. The van der Waals surface area contributed by atoms with E-state index < -0.39 is 0 Å². The maximum Gasteiger partial charge on any atom is 0.224 e. The van der Waals surface area contributed by atoms with Crippen molar-refractivity contribution in [2.45, 2.75) is 65.7 Å². The van der Waals surface area contributed by atoms with Crippen LogP contribution in [0, 0.1) is 0 Å². The molecule has 0 aliphatic heterocycles. The van der Waals surface area contributed by atoms with E-state index in [9.17, 15) is 9.90 Å². The van der Waals surface area contributed by atoms with E-state index in [1.807, 2.05) is 6.92 Å². The minimum Gasteiger partial charge on any atom is -0.508 e. The number of benzene rings is 1. The summed E-state index contributed by atoms with van der Waals surface area (Å²) in [6.45, 7) is 14.3. The summed E-state index contributed by atoms with van der Waals surface area (Å²) in [5.41, 5.74) is 2.34. The van der Waals surface area contributed by atoms with Gasteiger partial charge in [0.05, 0.1) is 0 Å². The molecule has 0 saturated heterocycles. The van der Waals surface area contributed by atoms with Crippen LogP contribution >= 0.6 is 0 Å². The molecular weight excluding hydrogens is 250 g/mol. The van der Waals surface area contributed by atoms with Crippen molar-refractivity contribution in [1.82, 2.24) is 0 Å². The molecule has 1 amide bonds. The molecule has 1 rings (SSSR count). The molecule has 0 spiro atoms. The third kappa shape index (κ3) is 3.53. The molecule has 3 nitrogen and oxygen atoms in total. The molecule has 0 aromatic heterocycles. The fourth-order valence-corrected chi connectivity index (χ4v) is 2.47. The Labute approximate surface area is 122 Å². The van der Waals surface area contributed by atoms with Crippen LogP contribution in [0.1, 0.15) is 66.0 Å². The lowest BCUT2D eigenvalue weighted by atomic mass is 9.74. The quantitative estimate of drug-likeness (QED) is 0.790. The molecule has 0 saturated carbocycles. The van der Waals surface area contributed by atoms with Crippen molar-refractivity contribution in [3.8, 4) is 5.75 Å². The maximum atomic E-state index is 11.7. The fraction of sp³-hybridized carbons (Fsp3) is 0.588. The molecule has 0 fully saturated rings. The van der Waals surface area contributed by atoms with Gasteiger partial charge in [0.25, 0.3) is 0 Å². The highest BCUT2D eigenvalue weighted by Gasteiger charge is 2.30. The van der Waals surface area contributed by atoms with Crippen molar-refractivity contribution < 1.29 is 9.90 Å². The van der Waals surface area contributed by atoms with Gasteiger partial charge in [-0.05, 0) is 28.5 Å². The van der Waals surface area contributed by atoms with Crippen LogP contribution in [0.15, 0.2) is 12.1 Å². The van der Waals surface area contributed by atoms with Gasteiger partial charge in [-0.15, -0.1) is 0 Å². The Kier molecular flexibility index (Phi) is 4.52. The van der Waals surface area contributed by atoms with Crippen LogP contribution in [-0.2, 0) is 15.6 Å². The predicted molar refractivity (Wildman–Crippen MR) is 84.4 cm³/mol. The Morgan fingerprint density at radius 1 is 1.05 bits per heavy atom. The van der Waals surface area contributed by atoms with Gasteiger partial charge in [0.1, 0.15) is 5.75 Å². The molecule has 20 heavy (non-hydrogen) atoms. The summed E-state index contributed by atoms with van der Waals surface area (Å²) >= 11 is 0. The molecule has 0 aliphatic rings. The van der Waals surface area contributed by atoms with E-state index in [2.05, 4.69) is 46.9 Å². The topological polar surface area (TPSA) is 49.3 Å². The van der Waals surface area contributed by atoms with E-state index in [0.717, 1.165) is 16.8 Å². The van der Waals surface area contributed by atoms with E-state index in [0.29, 0.717) is 6.42 Å². The highest BCUT2D eigenvalue weighted by atomic mass is 16.3. The molecule has 0 heterocycles. The van der Waals surface area contributed by atoms with E-state index in [1.54, 1.807) is 12.1 Å². The van der Waals surface area contributed by atoms with Crippen LogP contribution in [0.5, 0.6) is 5.75 Å². The number of amides is 1. The van der Waals surface area contributed by atoms with E-state index in [4.69, 9.17) is 0 Å². The van der Waals surface area contributed by atoms with Crippen LogP contribution in [-0.4, -0.2) is 11.0 Å². The Balaban J connectivity index is 3.59. The molecule has 3 heteroatoms. The zero-order valence-corrected chi connectivity index (χ0v) is 13.7. The maximum absolute atomic E-state index is 11.7. The Hall–Kier alpha value is -1.51. The van der Waals surface area contributed by atoms with Gasteiger partial charge in [0.2, 0.25) is 5.91 Å². The number of carbonyl (C=O) groups is 1. The number of carbonyl (C=O) groups excluding carboxylic acids is 1. The van der Waals surface area contributed by atoms with Crippen molar-refractivity contribution in [3.63, 3.8) is 0 Å². The highest BCUT2D eigenvalue weighted by molar-refractivity contribution is 5.92. The van der Waals surface area contributed by atoms with Crippen molar-refractivity contribution in [2.24, 2.45) is 0 Å². The fourth-order valence-electron chi connectivity index (χ4n) is 2.47. The number of nitrogens with one attached hydrogen (secondary N) is 1. The Morgan fingerprint density at radius 3 is 1.95 bits per heavy atom. The van der Waals surface area contributed by atoms with Gasteiger partial charge in [-0.1, -0.05) is 48.5 Å². The lowest BCUT2D eigenvalue weighted by molar-refractivity contribution is -0.115. The molecule has 1 aromatic carbocycles. The molecular formula is C17H27NO2. The van der Waals surface area contributed by atoms with Gasteiger partial charge in [-0.25, -0.2) is 0 Å². The number of aromatic hydroxyl groups is 1. The van der Waals surface area contributed by atoms with Crippen LogP contribution in [0.25, 0.3) is 0 Å². The van der Waals surface area contributed by atoms with Crippen molar-refractivity contribution in [3.05, 3.63) is 23.3 Å². The minimum atomic E-state index is -0.195. The number of phenols is 1. The van der Waals surface area contributed by atoms with Crippen molar-refractivity contribution in [1.29, 1.82) is 0 Å². The molecule has 0 aliphatic carbocycles. The van der Waals surface area contributed by atoms with E-state index in [-0.39, 0.29) is 22.5 Å². The zero-order valence-electron chi connectivity index (χ0n) is 13.7. The molecule has 0 radical (unpaired) electrons. The number of hydrogen-bond donors (Lipinski definition) is 2. The van der Waals surface area contributed by atoms with E-state index in [1.165, 1.54) is 0 Å². The molecule has 0 atom stereocenters. The summed E-state index contributed by atoms with van der Waals surface area (Å²) in [7, 11) is 0. The highest BCUT2D eigenvalue weighted by Crippen LogP contribution is 2.43. The number of rotatable bonds is 2. The summed E-state index contributed by atoms with van der Waals surface area (Å²) in [5.74, 6) is 0.276. The standard InChI is InChI=1S/C17H27NO2/c1-8-13(20)18-11-9-10-12(19)15(17(5,6)7)14(11)16(2,3)4/h9-10,19H,8H2,1-7H3,(H,18,20). The molecule has 1 aromatic rings. The predicted octanol–water partition coefficient (Wildman–Crippen LogP) is 4.34. The summed E-state index contributed by atoms with van der Waals surface area (Å²) < 4.78 is 0. The summed E-state index contributed by atoms with van der Waals surface area (Å²) in [5, 5.41) is 13.2. The first-order valence-corrected chi connectivity index (χ1v) is 7.15. The van der Waals surface area contributed by atoms with Gasteiger partial charge < -0.3 is 10.4 Å². The Bertz CT molecular complexity index is 505. The number of anilines is 1. The molecule has 0 bridgehead atoms. The first kappa shape index (κ1) is 16.5. The molecule has 2 N–H and O–H groups in total. The van der Waals surface area contributed by atoms with Gasteiger partial charge in [-0.2, -0.15) is 0 Å². The zero-order chi connectivity index (χ0) is 15.7. The largest absolute Gasteiger partial charge is 0.508 e. The average Bonchev–Trinajstić information content (AvgIpc) is 2.27. The first-order valence-electron chi connectivity index (χ1n) is 7.15. The van der Waals surface area contributed by atoms with Crippen LogP contribution in [0.2, 0.25) is 0 Å². The van der Waals surface area contributed by atoms with Crippen molar-refractivity contribution in [2.75, 3.05) is 5.32 Å². The van der Waals surface area contributed by atoms with Gasteiger partial charge in [0, 0.05) is 17.7 Å². The van der Waals surface area contributed by atoms with E-state index >= 15 is 0 Å². The van der Waals surface area contributed by atoms with Gasteiger partial charge >= 0.3 is 0 Å².